The standard InChI is InChI=1S/C14H16F2N2O2/c1-8-14(19)18(10-4-5-20-7-10)13(17-8)9-2-3-11(15)12(16)6-9/h2-3,6,8,10,13,17H,4-5,7H2,1H3. The van der Waals surface area contributed by atoms with Crippen molar-refractivity contribution in [2.45, 2.75) is 31.6 Å². The van der Waals surface area contributed by atoms with Gasteiger partial charge in [-0.25, -0.2) is 8.78 Å². The van der Waals surface area contributed by atoms with Crippen LogP contribution in [0.15, 0.2) is 18.2 Å². The Hall–Kier alpha value is -1.53. The summed E-state index contributed by atoms with van der Waals surface area (Å²) < 4.78 is 31.8. The van der Waals surface area contributed by atoms with Crippen molar-refractivity contribution in [3.63, 3.8) is 0 Å². The first-order valence-electron chi connectivity index (χ1n) is 6.69. The van der Waals surface area contributed by atoms with Gasteiger partial charge in [0.2, 0.25) is 5.91 Å². The van der Waals surface area contributed by atoms with Gasteiger partial charge >= 0.3 is 0 Å². The van der Waals surface area contributed by atoms with Crippen molar-refractivity contribution in [1.82, 2.24) is 10.2 Å². The minimum Gasteiger partial charge on any atom is -0.379 e. The van der Waals surface area contributed by atoms with E-state index in [1.807, 2.05) is 0 Å². The van der Waals surface area contributed by atoms with Crippen molar-refractivity contribution in [3.05, 3.63) is 35.4 Å². The SMILES string of the molecule is CC1NC(c2ccc(F)c(F)c2)N(C2CCOC2)C1=O. The Balaban J connectivity index is 1.93. The van der Waals surface area contributed by atoms with E-state index in [1.165, 1.54) is 6.07 Å². The molecule has 2 aliphatic rings. The van der Waals surface area contributed by atoms with E-state index in [0.29, 0.717) is 18.8 Å². The summed E-state index contributed by atoms with van der Waals surface area (Å²) in [6.45, 7) is 2.87. The lowest BCUT2D eigenvalue weighted by molar-refractivity contribution is -0.132. The van der Waals surface area contributed by atoms with Crippen molar-refractivity contribution in [1.29, 1.82) is 0 Å². The lowest BCUT2D eigenvalue weighted by Gasteiger charge is -2.29. The zero-order chi connectivity index (χ0) is 14.3. The normalized spacial score (nSPS) is 30.2. The average Bonchev–Trinajstić information content (AvgIpc) is 3.03. The minimum atomic E-state index is -0.904. The molecule has 4 nitrogen and oxygen atoms in total. The third-order valence-corrected chi connectivity index (χ3v) is 3.87. The molecule has 0 radical (unpaired) electrons. The van der Waals surface area contributed by atoms with Crippen LogP contribution in [-0.4, -0.2) is 36.1 Å². The van der Waals surface area contributed by atoms with E-state index >= 15 is 0 Å². The van der Waals surface area contributed by atoms with Crippen LogP contribution in [0.4, 0.5) is 8.78 Å². The highest BCUT2D eigenvalue weighted by Crippen LogP contribution is 2.30. The Labute approximate surface area is 115 Å². The van der Waals surface area contributed by atoms with Crippen LogP contribution in [0.2, 0.25) is 0 Å². The summed E-state index contributed by atoms with van der Waals surface area (Å²) in [4.78, 5) is 14.0. The second kappa shape index (κ2) is 5.10. The molecule has 0 saturated carbocycles. The number of carbonyl (C=O) groups excluding carboxylic acids is 1. The average molecular weight is 282 g/mol. The summed E-state index contributed by atoms with van der Waals surface area (Å²) in [7, 11) is 0. The Kier molecular flexibility index (Phi) is 3.43. The largest absolute Gasteiger partial charge is 0.379 e. The van der Waals surface area contributed by atoms with Gasteiger partial charge in [-0.05, 0) is 31.0 Å². The number of hydrogen-bond donors (Lipinski definition) is 1. The molecule has 2 aliphatic heterocycles. The number of amides is 1. The van der Waals surface area contributed by atoms with Crippen molar-refractivity contribution in [3.8, 4) is 0 Å². The van der Waals surface area contributed by atoms with Gasteiger partial charge in [0.15, 0.2) is 11.6 Å². The minimum absolute atomic E-state index is 0.0157. The van der Waals surface area contributed by atoms with Gasteiger partial charge in [0, 0.05) is 6.61 Å². The number of nitrogens with zero attached hydrogens (tertiary/aromatic N) is 1. The molecule has 1 amide bonds. The van der Waals surface area contributed by atoms with Crippen molar-refractivity contribution in [2.24, 2.45) is 0 Å². The monoisotopic (exact) mass is 282 g/mol. The molecule has 1 aromatic carbocycles. The summed E-state index contributed by atoms with van der Waals surface area (Å²) in [5.41, 5.74) is 0.550. The second-order valence-electron chi connectivity index (χ2n) is 5.23. The Morgan fingerprint density at radius 1 is 1.35 bits per heavy atom. The number of nitrogens with one attached hydrogen (secondary N) is 1. The molecule has 108 valence electrons. The quantitative estimate of drug-likeness (QED) is 0.895. The van der Waals surface area contributed by atoms with Gasteiger partial charge in [0.25, 0.3) is 0 Å². The molecular formula is C14H16F2N2O2. The number of hydrogen-bond acceptors (Lipinski definition) is 3. The highest BCUT2D eigenvalue weighted by Gasteiger charge is 2.42. The third kappa shape index (κ3) is 2.19. The van der Waals surface area contributed by atoms with E-state index in [9.17, 15) is 13.6 Å². The van der Waals surface area contributed by atoms with Crippen LogP contribution in [0.3, 0.4) is 0 Å². The van der Waals surface area contributed by atoms with Gasteiger partial charge in [-0.2, -0.15) is 0 Å². The van der Waals surface area contributed by atoms with E-state index in [0.717, 1.165) is 18.6 Å². The Morgan fingerprint density at radius 3 is 2.80 bits per heavy atom. The van der Waals surface area contributed by atoms with Crippen LogP contribution in [-0.2, 0) is 9.53 Å². The molecule has 3 unspecified atom stereocenters. The fraction of sp³-hybridized carbons (Fsp3) is 0.500. The smallest absolute Gasteiger partial charge is 0.241 e. The van der Waals surface area contributed by atoms with Gasteiger partial charge in [-0.15, -0.1) is 0 Å². The maximum atomic E-state index is 13.4. The molecule has 6 heteroatoms. The molecule has 2 saturated heterocycles. The lowest BCUT2D eigenvalue weighted by Crippen LogP contribution is -2.40. The summed E-state index contributed by atoms with van der Waals surface area (Å²) >= 11 is 0. The second-order valence-corrected chi connectivity index (χ2v) is 5.23. The molecule has 0 aromatic heterocycles. The molecule has 0 spiro atoms. The number of ether oxygens (including phenoxy) is 1. The molecule has 0 aliphatic carbocycles. The fourth-order valence-corrected chi connectivity index (χ4v) is 2.81. The topological polar surface area (TPSA) is 41.6 Å². The highest BCUT2D eigenvalue weighted by atomic mass is 19.2. The van der Waals surface area contributed by atoms with Crippen molar-refractivity contribution >= 4 is 5.91 Å². The summed E-state index contributed by atoms with van der Waals surface area (Å²) in [6.07, 6.45) is 0.333. The van der Waals surface area contributed by atoms with Gasteiger partial charge in [-0.3, -0.25) is 10.1 Å². The first kappa shape index (κ1) is 13.5. The predicted octanol–water partition coefficient (Wildman–Crippen LogP) is 1.57. The summed E-state index contributed by atoms with van der Waals surface area (Å²) in [5, 5.41) is 3.13. The number of halogens is 2. The zero-order valence-corrected chi connectivity index (χ0v) is 11.1. The van der Waals surface area contributed by atoms with Gasteiger partial charge in [0.05, 0.1) is 18.7 Å². The third-order valence-electron chi connectivity index (χ3n) is 3.87. The molecular weight excluding hydrogens is 266 g/mol. The highest BCUT2D eigenvalue weighted by molar-refractivity contribution is 5.84. The van der Waals surface area contributed by atoms with Crippen molar-refractivity contribution < 1.29 is 18.3 Å². The van der Waals surface area contributed by atoms with Gasteiger partial charge < -0.3 is 9.64 Å². The molecule has 2 heterocycles. The van der Waals surface area contributed by atoms with Gasteiger partial charge in [-0.1, -0.05) is 6.07 Å². The molecule has 2 fully saturated rings. The number of carbonyl (C=O) groups is 1. The van der Waals surface area contributed by atoms with Crippen LogP contribution in [0.1, 0.15) is 25.1 Å². The Morgan fingerprint density at radius 2 is 2.15 bits per heavy atom. The van der Waals surface area contributed by atoms with Crippen LogP contribution >= 0.6 is 0 Å². The maximum absolute atomic E-state index is 13.4. The first-order valence-corrected chi connectivity index (χ1v) is 6.69. The van der Waals surface area contributed by atoms with E-state index in [2.05, 4.69) is 5.32 Å². The fourth-order valence-electron chi connectivity index (χ4n) is 2.81. The van der Waals surface area contributed by atoms with E-state index in [1.54, 1.807) is 11.8 Å². The molecule has 1 N–H and O–H groups in total. The molecule has 0 bridgehead atoms. The molecule has 3 rings (SSSR count). The van der Waals surface area contributed by atoms with Crippen LogP contribution in [0.5, 0.6) is 0 Å². The van der Waals surface area contributed by atoms with Crippen LogP contribution < -0.4 is 5.32 Å². The molecule has 20 heavy (non-hydrogen) atoms. The number of benzene rings is 1. The van der Waals surface area contributed by atoms with E-state index in [-0.39, 0.29) is 18.0 Å². The van der Waals surface area contributed by atoms with Crippen molar-refractivity contribution in [2.75, 3.05) is 13.2 Å². The number of rotatable bonds is 2. The van der Waals surface area contributed by atoms with Gasteiger partial charge in [0.1, 0.15) is 6.17 Å². The lowest BCUT2D eigenvalue weighted by atomic mass is 10.1. The summed E-state index contributed by atoms with van der Waals surface area (Å²) in [6, 6.07) is 3.38. The summed E-state index contributed by atoms with van der Waals surface area (Å²) in [5.74, 6) is -1.82. The Bertz CT molecular complexity index is 532. The maximum Gasteiger partial charge on any atom is 0.241 e. The van der Waals surface area contributed by atoms with E-state index in [4.69, 9.17) is 4.74 Å². The van der Waals surface area contributed by atoms with Crippen LogP contribution in [0.25, 0.3) is 0 Å². The molecule has 3 atom stereocenters. The van der Waals surface area contributed by atoms with Crippen LogP contribution in [0, 0.1) is 11.6 Å². The molecule has 1 aromatic rings. The van der Waals surface area contributed by atoms with E-state index < -0.39 is 17.8 Å². The first-order chi connectivity index (χ1) is 9.58. The predicted molar refractivity (Wildman–Crippen MR) is 67.8 cm³/mol. The zero-order valence-electron chi connectivity index (χ0n) is 11.1.